The molecule has 0 bridgehead atoms. The van der Waals surface area contributed by atoms with Gasteiger partial charge < -0.3 is 14.8 Å². The highest BCUT2D eigenvalue weighted by Crippen LogP contribution is 2.46. The van der Waals surface area contributed by atoms with E-state index in [4.69, 9.17) is 9.47 Å². The SMILES string of the molecule is C=CCn1c(SCC(=O)Nc2ccc3c(c2)OC2(CCCCC2)O3)nnc1-c1ccncc1. The minimum Gasteiger partial charge on any atom is -0.448 e. The Morgan fingerprint density at radius 2 is 1.91 bits per heavy atom. The van der Waals surface area contributed by atoms with E-state index in [0.29, 0.717) is 29.0 Å². The van der Waals surface area contributed by atoms with E-state index < -0.39 is 5.79 Å². The van der Waals surface area contributed by atoms with Gasteiger partial charge in [-0.2, -0.15) is 0 Å². The van der Waals surface area contributed by atoms with Crippen LogP contribution in [0.2, 0.25) is 0 Å². The molecule has 33 heavy (non-hydrogen) atoms. The van der Waals surface area contributed by atoms with Crippen LogP contribution in [0.5, 0.6) is 11.5 Å². The first kappa shape index (κ1) is 21.5. The number of rotatable bonds is 7. The Bertz CT molecular complexity index is 1160. The number of amides is 1. The maximum atomic E-state index is 12.6. The predicted molar refractivity (Wildman–Crippen MR) is 126 cm³/mol. The van der Waals surface area contributed by atoms with E-state index in [-0.39, 0.29) is 11.7 Å². The van der Waals surface area contributed by atoms with Crippen molar-refractivity contribution < 1.29 is 14.3 Å². The molecule has 0 radical (unpaired) electrons. The summed E-state index contributed by atoms with van der Waals surface area (Å²) < 4.78 is 14.2. The Hall–Kier alpha value is -3.33. The van der Waals surface area contributed by atoms with Crippen LogP contribution in [0, 0.1) is 0 Å². The molecule has 0 unspecified atom stereocenters. The number of benzene rings is 1. The molecule has 3 heterocycles. The van der Waals surface area contributed by atoms with Crippen molar-refractivity contribution in [2.24, 2.45) is 0 Å². The molecule has 1 aliphatic heterocycles. The van der Waals surface area contributed by atoms with E-state index in [1.165, 1.54) is 18.2 Å². The standard InChI is InChI=1S/C24H25N5O3S/c1-2-14-29-22(17-8-12-25-13-9-17)27-28-23(29)33-16-21(30)26-18-6-7-19-20(15-18)32-24(31-19)10-4-3-5-11-24/h2,6-9,12-13,15H,1,3-5,10-11,14,16H2,(H,26,30). The summed E-state index contributed by atoms with van der Waals surface area (Å²) in [5, 5.41) is 12.2. The molecular weight excluding hydrogens is 438 g/mol. The van der Waals surface area contributed by atoms with Gasteiger partial charge in [0.15, 0.2) is 22.5 Å². The summed E-state index contributed by atoms with van der Waals surface area (Å²) in [6.07, 6.45) is 10.4. The molecule has 0 atom stereocenters. The van der Waals surface area contributed by atoms with E-state index in [2.05, 4.69) is 27.1 Å². The molecule has 1 amide bonds. The van der Waals surface area contributed by atoms with Crippen LogP contribution >= 0.6 is 11.8 Å². The second-order valence-electron chi connectivity index (χ2n) is 8.12. The third-order valence-electron chi connectivity index (χ3n) is 5.73. The lowest BCUT2D eigenvalue weighted by atomic mass is 9.94. The summed E-state index contributed by atoms with van der Waals surface area (Å²) >= 11 is 1.33. The molecule has 3 aromatic rings. The third-order valence-corrected chi connectivity index (χ3v) is 6.70. The van der Waals surface area contributed by atoms with Gasteiger partial charge in [-0.3, -0.25) is 14.3 Å². The number of carbonyl (C=O) groups is 1. The highest BCUT2D eigenvalue weighted by molar-refractivity contribution is 7.99. The van der Waals surface area contributed by atoms with Gasteiger partial charge in [-0.05, 0) is 37.1 Å². The highest BCUT2D eigenvalue weighted by Gasteiger charge is 2.42. The van der Waals surface area contributed by atoms with Crippen LogP contribution < -0.4 is 14.8 Å². The number of allylic oxidation sites excluding steroid dienone is 1. The van der Waals surface area contributed by atoms with Gasteiger partial charge in [0.1, 0.15) is 0 Å². The van der Waals surface area contributed by atoms with Crippen LogP contribution in [-0.4, -0.2) is 37.2 Å². The molecule has 9 heteroatoms. The fourth-order valence-electron chi connectivity index (χ4n) is 4.20. The monoisotopic (exact) mass is 463 g/mol. The van der Waals surface area contributed by atoms with Crippen LogP contribution in [0.4, 0.5) is 5.69 Å². The number of hydrogen-bond acceptors (Lipinski definition) is 7. The van der Waals surface area contributed by atoms with Gasteiger partial charge in [0, 0.05) is 49.1 Å². The molecule has 1 N–H and O–H groups in total. The number of nitrogens with zero attached hydrogens (tertiary/aromatic N) is 4. The third kappa shape index (κ3) is 4.59. The first-order valence-corrected chi connectivity index (χ1v) is 12.0. The normalized spacial score (nSPS) is 16.0. The minimum atomic E-state index is -0.527. The van der Waals surface area contributed by atoms with Gasteiger partial charge >= 0.3 is 0 Å². The molecule has 0 saturated heterocycles. The fourth-order valence-corrected chi connectivity index (χ4v) is 4.94. The first-order chi connectivity index (χ1) is 16.2. The highest BCUT2D eigenvalue weighted by atomic mass is 32.2. The zero-order valence-corrected chi connectivity index (χ0v) is 19.0. The summed E-state index contributed by atoms with van der Waals surface area (Å²) in [4.78, 5) is 16.7. The first-order valence-electron chi connectivity index (χ1n) is 11.0. The number of aromatic nitrogens is 4. The summed E-state index contributed by atoms with van der Waals surface area (Å²) in [6.45, 7) is 4.36. The van der Waals surface area contributed by atoms with Gasteiger partial charge in [0.05, 0.1) is 5.75 Å². The lowest BCUT2D eigenvalue weighted by Gasteiger charge is -2.31. The maximum absolute atomic E-state index is 12.6. The second-order valence-corrected chi connectivity index (χ2v) is 9.06. The van der Waals surface area contributed by atoms with Crippen molar-refractivity contribution in [3.8, 4) is 22.9 Å². The quantitative estimate of drug-likeness (QED) is 0.401. The molecule has 170 valence electrons. The van der Waals surface area contributed by atoms with Crippen molar-refractivity contribution in [1.82, 2.24) is 19.7 Å². The smallest absolute Gasteiger partial charge is 0.251 e. The molecule has 5 rings (SSSR count). The van der Waals surface area contributed by atoms with Gasteiger partial charge in [-0.1, -0.05) is 24.3 Å². The Morgan fingerprint density at radius 1 is 1.12 bits per heavy atom. The van der Waals surface area contributed by atoms with Crippen molar-refractivity contribution in [1.29, 1.82) is 0 Å². The van der Waals surface area contributed by atoms with Gasteiger partial charge in [-0.25, -0.2) is 0 Å². The van der Waals surface area contributed by atoms with Crippen molar-refractivity contribution in [3.05, 3.63) is 55.4 Å². The Balaban J connectivity index is 1.23. The number of anilines is 1. The molecule has 1 fully saturated rings. The number of hydrogen-bond donors (Lipinski definition) is 1. The van der Waals surface area contributed by atoms with Gasteiger partial charge in [-0.15, -0.1) is 16.8 Å². The average molecular weight is 464 g/mol. The van der Waals surface area contributed by atoms with E-state index in [0.717, 1.165) is 37.0 Å². The van der Waals surface area contributed by atoms with E-state index >= 15 is 0 Å². The van der Waals surface area contributed by atoms with E-state index in [9.17, 15) is 4.79 Å². The largest absolute Gasteiger partial charge is 0.448 e. The fraction of sp³-hybridized carbons (Fsp3) is 0.333. The molecule has 1 saturated carbocycles. The number of pyridine rings is 1. The number of ether oxygens (including phenoxy) is 2. The summed E-state index contributed by atoms with van der Waals surface area (Å²) in [7, 11) is 0. The topological polar surface area (TPSA) is 91.2 Å². The van der Waals surface area contributed by atoms with Crippen molar-refractivity contribution >= 4 is 23.4 Å². The Kier molecular flexibility index (Phi) is 6.04. The van der Waals surface area contributed by atoms with Crippen molar-refractivity contribution in [3.63, 3.8) is 0 Å². The van der Waals surface area contributed by atoms with E-state index in [1.807, 2.05) is 34.9 Å². The van der Waals surface area contributed by atoms with Crippen LogP contribution in [0.15, 0.2) is 60.5 Å². The van der Waals surface area contributed by atoms with Gasteiger partial charge in [0.25, 0.3) is 5.79 Å². The number of carbonyl (C=O) groups excluding carboxylic acids is 1. The number of fused-ring (bicyclic) bond motifs is 1. The summed E-state index contributed by atoms with van der Waals surface area (Å²) in [6, 6.07) is 9.30. The molecule has 1 aliphatic carbocycles. The van der Waals surface area contributed by atoms with Gasteiger partial charge in [0.2, 0.25) is 5.91 Å². The summed E-state index contributed by atoms with van der Waals surface area (Å²) in [5.74, 6) is 1.68. The van der Waals surface area contributed by atoms with Crippen molar-refractivity contribution in [2.75, 3.05) is 11.1 Å². The number of thioether (sulfide) groups is 1. The molecule has 1 spiro atoms. The Morgan fingerprint density at radius 3 is 2.70 bits per heavy atom. The molecular formula is C24H25N5O3S. The van der Waals surface area contributed by atoms with Crippen LogP contribution in [0.1, 0.15) is 32.1 Å². The average Bonchev–Trinajstić information content (AvgIpc) is 3.39. The zero-order valence-electron chi connectivity index (χ0n) is 18.2. The Labute approximate surface area is 196 Å². The number of nitrogens with one attached hydrogen (secondary N) is 1. The predicted octanol–water partition coefficient (Wildman–Crippen LogP) is 4.69. The second kappa shape index (κ2) is 9.27. The zero-order chi connectivity index (χ0) is 22.7. The molecule has 8 nitrogen and oxygen atoms in total. The molecule has 2 aromatic heterocycles. The van der Waals surface area contributed by atoms with Crippen LogP contribution in [-0.2, 0) is 11.3 Å². The molecule has 1 aromatic carbocycles. The lowest BCUT2D eigenvalue weighted by molar-refractivity contribution is -0.113. The molecule has 2 aliphatic rings. The van der Waals surface area contributed by atoms with E-state index in [1.54, 1.807) is 18.5 Å². The lowest BCUT2D eigenvalue weighted by Crippen LogP contribution is -2.40. The maximum Gasteiger partial charge on any atom is 0.251 e. The van der Waals surface area contributed by atoms with Crippen LogP contribution in [0.25, 0.3) is 11.4 Å². The minimum absolute atomic E-state index is 0.134. The summed E-state index contributed by atoms with van der Waals surface area (Å²) in [5.41, 5.74) is 1.59. The van der Waals surface area contributed by atoms with Crippen LogP contribution in [0.3, 0.4) is 0 Å². The van der Waals surface area contributed by atoms with Crippen molar-refractivity contribution in [2.45, 2.75) is 49.6 Å².